The van der Waals surface area contributed by atoms with Crippen molar-refractivity contribution in [3.05, 3.63) is 0 Å². The Morgan fingerprint density at radius 1 is 0.609 bits per heavy atom. The second-order valence-electron chi connectivity index (χ2n) is 5.42. The molecular formula is C18H35N2NaS2. The van der Waals surface area contributed by atoms with Crippen molar-refractivity contribution >= 4 is 23.5 Å². The molecule has 0 radical (unpaired) electrons. The maximum atomic E-state index is 8.22. The largest absolute Gasteiger partial charge is 1.00 e. The fraction of sp³-hybridized carbons (Fsp3) is 0.889. The Morgan fingerprint density at radius 3 is 1.22 bits per heavy atom. The Hall–Kier alpha value is 0.680. The van der Waals surface area contributed by atoms with E-state index in [1.807, 2.05) is 0 Å². The number of unbranched alkanes of at least 4 members (excludes halogenated alkanes) is 10. The molecular weight excluding hydrogens is 331 g/mol. The van der Waals surface area contributed by atoms with Gasteiger partial charge in [0.05, 0.1) is 0 Å². The van der Waals surface area contributed by atoms with Crippen LogP contribution in [0.15, 0.2) is 0 Å². The van der Waals surface area contributed by atoms with Gasteiger partial charge in [-0.05, 0) is 36.4 Å². The van der Waals surface area contributed by atoms with Gasteiger partial charge in [0.1, 0.15) is 10.8 Å². The van der Waals surface area contributed by atoms with Gasteiger partial charge in [-0.15, -0.1) is 0 Å². The maximum absolute atomic E-state index is 8.22. The van der Waals surface area contributed by atoms with Gasteiger partial charge in [0.15, 0.2) is 0 Å². The quantitative estimate of drug-likeness (QED) is 0.262. The summed E-state index contributed by atoms with van der Waals surface area (Å²) in [4.78, 5) is 0. The second-order valence-corrected chi connectivity index (χ2v) is 7.17. The molecule has 0 rings (SSSR count). The SMILES string of the molecule is CCCCCCCCSC#N.CCCCCCCCSC#N.[H-].[Na+]. The van der Waals surface area contributed by atoms with E-state index in [1.165, 1.54) is 101 Å². The third-order valence-electron chi connectivity index (χ3n) is 3.33. The third kappa shape index (κ3) is 34.9. The van der Waals surface area contributed by atoms with Gasteiger partial charge in [-0.1, -0.05) is 78.1 Å². The summed E-state index contributed by atoms with van der Waals surface area (Å²) in [6.45, 7) is 4.46. The van der Waals surface area contributed by atoms with Crippen LogP contribution in [0.3, 0.4) is 0 Å². The van der Waals surface area contributed by atoms with Gasteiger partial charge >= 0.3 is 29.6 Å². The second kappa shape index (κ2) is 30.5. The fourth-order valence-corrected chi connectivity index (χ4v) is 2.88. The van der Waals surface area contributed by atoms with E-state index < -0.39 is 0 Å². The van der Waals surface area contributed by atoms with Crippen molar-refractivity contribution in [2.75, 3.05) is 11.5 Å². The van der Waals surface area contributed by atoms with Crippen molar-refractivity contribution in [1.29, 1.82) is 10.5 Å². The molecule has 0 aromatic rings. The van der Waals surface area contributed by atoms with Crippen LogP contribution in [-0.4, -0.2) is 11.5 Å². The number of nitrogens with zero attached hydrogens (tertiary/aromatic N) is 2. The summed E-state index contributed by atoms with van der Waals surface area (Å²) in [5, 5.41) is 20.6. The van der Waals surface area contributed by atoms with Crippen molar-refractivity contribution in [2.45, 2.75) is 90.9 Å². The number of thioether (sulfide) groups is 2. The van der Waals surface area contributed by atoms with E-state index in [0.717, 1.165) is 11.5 Å². The van der Waals surface area contributed by atoms with Crippen LogP contribution in [0.5, 0.6) is 0 Å². The van der Waals surface area contributed by atoms with Crippen LogP contribution in [0, 0.1) is 21.3 Å². The normalized spacial score (nSPS) is 9.04. The Morgan fingerprint density at radius 2 is 0.913 bits per heavy atom. The van der Waals surface area contributed by atoms with Crippen molar-refractivity contribution in [3.8, 4) is 10.8 Å². The molecule has 130 valence electrons. The van der Waals surface area contributed by atoms with Crippen LogP contribution in [-0.2, 0) is 0 Å². The molecule has 2 nitrogen and oxygen atoms in total. The average Bonchev–Trinajstić information content (AvgIpc) is 2.54. The summed E-state index contributed by atoms with van der Waals surface area (Å²) < 4.78 is 0. The first-order valence-electron chi connectivity index (χ1n) is 8.85. The molecule has 0 aliphatic heterocycles. The molecule has 0 amide bonds. The number of thiocyanates is 2. The van der Waals surface area contributed by atoms with Crippen LogP contribution in [0.4, 0.5) is 0 Å². The van der Waals surface area contributed by atoms with E-state index in [1.54, 1.807) is 0 Å². The van der Waals surface area contributed by atoms with Crippen LogP contribution >= 0.6 is 23.5 Å². The first-order valence-corrected chi connectivity index (χ1v) is 10.8. The van der Waals surface area contributed by atoms with Gasteiger partial charge in [-0.2, -0.15) is 10.5 Å². The fourth-order valence-electron chi connectivity index (χ4n) is 2.00. The predicted molar refractivity (Wildman–Crippen MR) is 104 cm³/mol. The molecule has 0 aliphatic carbocycles. The van der Waals surface area contributed by atoms with Crippen molar-refractivity contribution in [1.82, 2.24) is 0 Å². The minimum absolute atomic E-state index is 0. The van der Waals surface area contributed by atoms with Crippen LogP contribution in [0.2, 0.25) is 0 Å². The molecule has 0 saturated carbocycles. The molecule has 23 heavy (non-hydrogen) atoms. The van der Waals surface area contributed by atoms with Crippen molar-refractivity contribution < 1.29 is 31.0 Å². The average molecular weight is 367 g/mol. The topological polar surface area (TPSA) is 47.6 Å². The number of hydrogen-bond acceptors (Lipinski definition) is 4. The first-order chi connectivity index (χ1) is 10.8. The minimum atomic E-state index is 0. The summed E-state index contributed by atoms with van der Waals surface area (Å²) in [6, 6.07) is 0. The molecule has 0 aromatic heterocycles. The van der Waals surface area contributed by atoms with Crippen molar-refractivity contribution in [2.24, 2.45) is 0 Å². The summed E-state index contributed by atoms with van der Waals surface area (Å²) in [5.74, 6) is 2.03. The van der Waals surface area contributed by atoms with E-state index in [0.29, 0.717) is 0 Å². The van der Waals surface area contributed by atoms with E-state index in [-0.39, 0.29) is 31.0 Å². The van der Waals surface area contributed by atoms with E-state index in [4.69, 9.17) is 10.5 Å². The number of nitriles is 2. The summed E-state index contributed by atoms with van der Waals surface area (Å²) in [5.41, 5.74) is 0. The molecule has 0 bridgehead atoms. The van der Waals surface area contributed by atoms with Gasteiger partial charge in [-0.3, -0.25) is 0 Å². The molecule has 0 aromatic carbocycles. The Balaban J connectivity index is -0.000000154. The molecule has 0 heterocycles. The smallest absolute Gasteiger partial charge is 1.00 e. The monoisotopic (exact) mass is 366 g/mol. The van der Waals surface area contributed by atoms with E-state index in [2.05, 4.69) is 24.6 Å². The molecule has 0 spiro atoms. The zero-order chi connectivity index (χ0) is 16.7. The standard InChI is InChI=1S/2C9H17NS.Na.H/c2*1-2-3-4-5-6-7-8-11-9-10;;/h2*2-8H2,1H3;;/q;;+1;-1. The van der Waals surface area contributed by atoms with Crippen molar-refractivity contribution in [3.63, 3.8) is 0 Å². The van der Waals surface area contributed by atoms with E-state index >= 15 is 0 Å². The Kier molecular flexibility index (Phi) is 37.8. The molecule has 0 saturated heterocycles. The number of hydrogen-bond donors (Lipinski definition) is 0. The Bertz CT molecular complexity index is 253. The molecule has 0 fully saturated rings. The molecule has 0 aliphatic rings. The van der Waals surface area contributed by atoms with Gasteiger partial charge in [-0.25, -0.2) is 0 Å². The number of rotatable bonds is 14. The zero-order valence-corrected chi connectivity index (χ0v) is 19.2. The van der Waals surface area contributed by atoms with Gasteiger partial charge in [0, 0.05) is 11.5 Å². The van der Waals surface area contributed by atoms with Crippen LogP contribution in [0.25, 0.3) is 0 Å². The molecule has 0 unspecified atom stereocenters. The van der Waals surface area contributed by atoms with Gasteiger partial charge < -0.3 is 1.43 Å². The Labute approximate surface area is 177 Å². The van der Waals surface area contributed by atoms with E-state index in [9.17, 15) is 0 Å². The van der Waals surface area contributed by atoms with Crippen LogP contribution < -0.4 is 29.6 Å². The predicted octanol–water partition coefficient (Wildman–Crippen LogP) is 4.24. The molecule has 0 atom stereocenters. The third-order valence-corrected chi connectivity index (χ3v) is 4.57. The minimum Gasteiger partial charge on any atom is -1.00 e. The van der Waals surface area contributed by atoms with Gasteiger partial charge in [0.25, 0.3) is 0 Å². The van der Waals surface area contributed by atoms with Crippen LogP contribution in [0.1, 0.15) is 92.3 Å². The summed E-state index contributed by atoms with van der Waals surface area (Å²) in [7, 11) is 0. The molecule has 0 N–H and O–H groups in total. The first kappa shape index (κ1) is 28.5. The van der Waals surface area contributed by atoms with Gasteiger partial charge in [0.2, 0.25) is 0 Å². The maximum Gasteiger partial charge on any atom is 1.00 e. The summed E-state index contributed by atoms with van der Waals surface area (Å²) in [6.07, 6.45) is 15.8. The summed E-state index contributed by atoms with van der Waals surface area (Å²) >= 11 is 2.75. The molecule has 5 heteroatoms. The zero-order valence-electron chi connectivity index (χ0n) is 16.6.